The fourth-order valence-corrected chi connectivity index (χ4v) is 5.43. The molecule has 8 heteroatoms. The van der Waals surface area contributed by atoms with Gasteiger partial charge in [-0.05, 0) is 68.4 Å². The van der Waals surface area contributed by atoms with Crippen LogP contribution in [0.3, 0.4) is 0 Å². The molecule has 2 aromatic rings. The molecule has 0 spiro atoms. The Balaban J connectivity index is 0.00000361. The maximum Gasteiger partial charge on any atom is 0.308 e. The summed E-state index contributed by atoms with van der Waals surface area (Å²) >= 11 is 0. The van der Waals surface area contributed by atoms with Gasteiger partial charge < -0.3 is 20.3 Å². The summed E-state index contributed by atoms with van der Waals surface area (Å²) in [5, 5.41) is 7.57. The van der Waals surface area contributed by atoms with Crippen molar-refractivity contribution in [1.82, 2.24) is 4.90 Å². The van der Waals surface area contributed by atoms with Crippen molar-refractivity contribution in [2.24, 2.45) is 17.6 Å². The second-order valence-electron chi connectivity index (χ2n) is 9.70. The molecule has 2 aromatic carbocycles. The minimum absolute atomic E-state index is 0. The number of methoxy groups -OCH3 is 1. The van der Waals surface area contributed by atoms with E-state index >= 15 is 0 Å². The lowest BCUT2D eigenvalue weighted by Gasteiger charge is -2.40. The Hall–Kier alpha value is -3.06. The van der Waals surface area contributed by atoms with E-state index in [4.69, 9.17) is 15.9 Å². The van der Waals surface area contributed by atoms with Crippen LogP contribution in [0.1, 0.15) is 49.7 Å². The molecule has 2 fully saturated rings. The van der Waals surface area contributed by atoms with Gasteiger partial charge in [0.1, 0.15) is 5.84 Å². The molecular formula is C28H37ClN4O3. The zero-order valence-corrected chi connectivity index (χ0v) is 21.7. The molecular weight excluding hydrogens is 476 g/mol. The summed E-state index contributed by atoms with van der Waals surface area (Å²) in [6.45, 7) is 2.26. The van der Waals surface area contributed by atoms with Gasteiger partial charge in [0.15, 0.2) is 0 Å². The molecule has 3 N–H and O–H groups in total. The Labute approximate surface area is 219 Å². The lowest BCUT2D eigenvalue weighted by Crippen LogP contribution is -2.47. The number of nitrogens with one attached hydrogen (secondary N) is 1. The number of nitrogens with zero attached hydrogens (tertiary/aromatic N) is 2. The molecule has 1 aliphatic heterocycles. The predicted molar refractivity (Wildman–Crippen MR) is 144 cm³/mol. The zero-order chi connectivity index (χ0) is 24.8. The third kappa shape index (κ3) is 6.58. The quantitative estimate of drug-likeness (QED) is 0.326. The normalized spacial score (nSPS) is 20.2. The van der Waals surface area contributed by atoms with Gasteiger partial charge in [-0.1, -0.05) is 30.3 Å². The highest BCUT2D eigenvalue weighted by atomic mass is 35.5. The van der Waals surface area contributed by atoms with Crippen molar-refractivity contribution in [3.8, 4) is 0 Å². The molecule has 0 radical (unpaired) electrons. The Morgan fingerprint density at radius 3 is 2.11 bits per heavy atom. The summed E-state index contributed by atoms with van der Waals surface area (Å²) in [5.41, 5.74) is 8.53. The first-order chi connectivity index (χ1) is 17.0. The van der Waals surface area contributed by atoms with Crippen LogP contribution >= 0.6 is 12.4 Å². The topological polar surface area (TPSA) is 99.7 Å². The number of amides is 1. The van der Waals surface area contributed by atoms with E-state index in [0.29, 0.717) is 6.54 Å². The van der Waals surface area contributed by atoms with E-state index < -0.39 is 0 Å². The number of nitrogen functional groups attached to an aromatic ring is 1. The van der Waals surface area contributed by atoms with E-state index in [1.54, 1.807) is 0 Å². The number of carbonyl (C=O) groups is 2. The van der Waals surface area contributed by atoms with Crippen LogP contribution in [0.2, 0.25) is 0 Å². The molecule has 1 saturated heterocycles. The number of ether oxygens (including phenoxy) is 1. The van der Waals surface area contributed by atoms with Crippen LogP contribution in [0, 0.1) is 17.2 Å². The second kappa shape index (κ2) is 12.8. The second-order valence-corrected chi connectivity index (χ2v) is 9.70. The van der Waals surface area contributed by atoms with E-state index in [-0.39, 0.29) is 48.0 Å². The van der Waals surface area contributed by atoms with Gasteiger partial charge in [0.25, 0.3) is 0 Å². The number of anilines is 1. The van der Waals surface area contributed by atoms with Gasteiger partial charge in [-0.3, -0.25) is 15.0 Å². The van der Waals surface area contributed by atoms with E-state index in [0.717, 1.165) is 68.4 Å². The van der Waals surface area contributed by atoms with E-state index in [1.165, 1.54) is 7.11 Å². The van der Waals surface area contributed by atoms with Gasteiger partial charge in [0, 0.05) is 42.8 Å². The standard InChI is InChI=1S/C28H36N4O3.ClH/c1-35-28(34)23-9-13-25(14-10-23)32(19-20-5-3-2-4-6-20)27(33)22-15-17-31(18-16-22)24-11-7-21(8-12-24)26(29)30;/h2-8,11-12,22-23,25H,9-10,13-19H2,1H3,(H3,29,30);1H/t23-,25-;. The number of halogens is 1. The van der Waals surface area contributed by atoms with E-state index in [1.807, 2.05) is 42.5 Å². The van der Waals surface area contributed by atoms with Gasteiger partial charge in [0.2, 0.25) is 5.91 Å². The molecule has 4 rings (SSSR count). The van der Waals surface area contributed by atoms with E-state index in [2.05, 4.69) is 21.9 Å². The highest BCUT2D eigenvalue weighted by Crippen LogP contribution is 2.32. The van der Waals surface area contributed by atoms with Gasteiger partial charge in [0.05, 0.1) is 13.0 Å². The number of amidine groups is 1. The highest BCUT2D eigenvalue weighted by molar-refractivity contribution is 5.95. The Kier molecular flexibility index (Phi) is 9.76. The molecule has 36 heavy (non-hydrogen) atoms. The minimum Gasteiger partial charge on any atom is -0.469 e. The van der Waals surface area contributed by atoms with Gasteiger partial charge >= 0.3 is 5.97 Å². The van der Waals surface area contributed by atoms with Crippen LogP contribution in [0.5, 0.6) is 0 Å². The Bertz CT molecular complexity index is 1010. The number of carbonyl (C=O) groups excluding carboxylic acids is 2. The van der Waals surface area contributed by atoms with Gasteiger partial charge in [-0.15, -0.1) is 12.4 Å². The van der Waals surface area contributed by atoms with Crippen molar-refractivity contribution in [2.75, 3.05) is 25.1 Å². The molecule has 1 heterocycles. The summed E-state index contributed by atoms with van der Waals surface area (Å²) < 4.78 is 4.95. The smallest absolute Gasteiger partial charge is 0.308 e. The average Bonchev–Trinajstić information content (AvgIpc) is 2.92. The van der Waals surface area contributed by atoms with Crippen molar-refractivity contribution in [1.29, 1.82) is 5.41 Å². The number of nitrogens with two attached hydrogens (primary N) is 1. The molecule has 194 valence electrons. The summed E-state index contributed by atoms with van der Waals surface area (Å²) in [6, 6.07) is 18.1. The van der Waals surface area contributed by atoms with Crippen molar-refractivity contribution in [3.05, 3.63) is 65.7 Å². The number of rotatable bonds is 7. The lowest BCUT2D eigenvalue weighted by atomic mass is 9.84. The molecule has 0 atom stereocenters. The third-order valence-corrected chi connectivity index (χ3v) is 7.54. The third-order valence-electron chi connectivity index (χ3n) is 7.54. The molecule has 0 bridgehead atoms. The molecule has 0 unspecified atom stereocenters. The highest BCUT2D eigenvalue weighted by Gasteiger charge is 2.35. The lowest BCUT2D eigenvalue weighted by molar-refractivity contribution is -0.147. The van der Waals surface area contributed by atoms with Gasteiger partial charge in [-0.2, -0.15) is 0 Å². The van der Waals surface area contributed by atoms with Crippen LogP contribution in [0.25, 0.3) is 0 Å². The monoisotopic (exact) mass is 512 g/mol. The molecule has 1 aliphatic carbocycles. The molecule has 7 nitrogen and oxygen atoms in total. The predicted octanol–water partition coefficient (Wildman–Crippen LogP) is 4.37. The van der Waals surface area contributed by atoms with Crippen molar-refractivity contribution < 1.29 is 14.3 Å². The first-order valence-electron chi connectivity index (χ1n) is 12.6. The summed E-state index contributed by atoms with van der Waals surface area (Å²) in [4.78, 5) is 30.2. The number of hydrogen-bond donors (Lipinski definition) is 2. The minimum atomic E-state index is -0.131. The Morgan fingerprint density at radius 1 is 0.944 bits per heavy atom. The van der Waals surface area contributed by atoms with Crippen LogP contribution in [-0.4, -0.2) is 48.9 Å². The first-order valence-corrected chi connectivity index (χ1v) is 12.6. The van der Waals surface area contributed by atoms with E-state index in [9.17, 15) is 9.59 Å². The van der Waals surface area contributed by atoms with Crippen LogP contribution in [-0.2, 0) is 20.9 Å². The van der Waals surface area contributed by atoms with Crippen molar-refractivity contribution in [2.45, 2.75) is 51.1 Å². The molecule has 1 saturated carbocycles. The summed E-state index contributed by atoms with van der Waals surface area (Å²) in [5.74, 6) is 0.127. The maximum atomic E-state index is 13.8. The van der Waals surface area contributed by atoms with Gasteiger partial charge in [-0.25, -0.2) is 0 Å². The summed E-state index contributed by atoms with van der Waals surface area (Å²) in [6.07, 6.45) is 4.83. The Morgan fingerprint density at radius 2 is 1.56 bits per heavy atom. The number of benzene rings is 2. The average molecular weight is 513 g/mol. The van der Waals surface area contributed by atoms with Crippen LogP contribution < -0.4 is 10.6 Å². The number of esters is 1. The first kappa shape index (κ1) is 27.5. The van der Waals surface area contributed by atoms with Crippen molar-refractivity contribution >= 4 is 35.8 Å². The van der Waals surface area contributed by atoms with Crippen molar-refractivity contribution in [3.63, 3.8) is 0 Å². The van der Waals surface area contributed by atoms with Crippen LogP contribution in [0.4, 0.5) is 5.69 Å². The largest absolute Gasteiger partial charge is 0.469 e. The zero-order valence-electron chi connectivity index (χ0n) is 20.9. The van der Waals surface area contributed by atoms with Crippen LogP contribution in [0.15, 0.2) is 54.6 Å². The summed E-state index contributed by atoms with van der Waals surface area (Å²) in [7, 11) is 1.45. The maximum absolute atomic E-state index is 13.8. The fraction of sp³-hybridized carbons (Fsp3) is 0.464. The fourth-order valence-electron chi connectivity index (χ4n) is 5.43. The molecule has 2 aliphatic rings. The SMILES string of the molecule is COC(=O)[C@H]1CC[C@H](N(Cc2ccccc2)C(=O)C2CCN(c3ccc(C(=N)N)cc3)CC2)CC1.Cl. The number of piperidine rings is 1. The molecule has 0 aromatic heterocycles. The molecule has 1 amide bonds. The number of hydrogen-bond acceptors (Lipinski definition) is 5.